The Bertz CT molecular complexity index is 464. The molecule has 3 heteroatoms. The number of amides is 1. The predicted octanol–water partition coefficient (Wildman–Crippen LogP) is 2.73. The highest BCUT2D eigenvalue weighted by Gasteiger charge is 2.37. The number of rotatable bonds is 4. The van der Waals surface area contributed by atoms with Gasteiger partial charge in [0.25, 0.3) is 0 Å². The number of nitrogens with zero attached hydrogens (tertiary/aromatic N) is 1. The molecule has 1 fully saturated rings. The Kier molecular flexibility index (Phi) is 4.81. The summed E-state index contributed by atoms with van der Waals surface area (Å²) in [5.41, 5.74) is 2.32. The van der Waals surface area contributed by atoms with Gasteiger partial charge in [-0.1, -0.05) is 31.2 Å². The van der Waals surface area contributed by atoms with Gasteiger partial charge in [0, 0.05) is 18.5 Å². The molecule has 2 rings (SSSR count). The van der Waals surface area contributed by atoms with E-state index in [0.717, 1.165) is 39.0 Å². The van der Waals surface area contributed by atoms with E-state index in [4.69, 9.17) is 0 Å². The number of hydrogen-bond acceptors (Lipinski definition) is 2. The molecule has 0 aromatic heterocycles. The Morgan fingerprint density at radius 1 is 1.30 bits per heavy atom. The molecule has 1 aromatic rings. The molecule has 0 atom stereocenters. The van der Waals surface area contributed by atoms with Crippen LogP contribution in [0.3, 0.4) is 0 Å². The van der Waals surface area contributed by atoms with E-state index in [2.05, 4.69) is 38.2 Å². The van der Waals surface area contributed by atoms with Crippen molar-refractivity contribution in [2.45, 2.75) is 40.2 Å². The first-order valence-corrected chi connectivity index (χ1v) is 7.61. The maximum atomic E-state index is 12.9. The van der Waals surface area contributed by atoms with E-state index in [-0.39, 0.29) is 5.41 Å². The minimum absolute atomic E-state index is 0.191. The van der Waals surface area contributed by atoms with Gasteiger partial charge in [0.1, 0.15) is 0 Å². The van der Waals surface area contributed by atoms with Crippen LogP contribution < -0.4 is 5.32 Å². The van der Waals surface area contributed by atoms with E-state index in [0.29, 0.717) is 5.91 Å². The molecule has 110 valence electrons. The zero-order valence-electron chi connectivity index (χ0n) is 12.9. The fourth-order valence-electron chi connectivity index (χ4n) is 2.89. The van der Waals surface area contributed by atoms with Crippen LogP contribution in [0.1, 0.15) is 37.8 Å². The van der Waals surface area contributed by atoms with E-state index >= 15 is 0 Å². The second-order valence-electron chi connectivity index (χ2n) is 6.06. The largest absolute Gasteiger partial charge is 0.338 e. The van der Waals surface area contributed by atoms with Crippen molar-refractivity contribution >= 4 is 5.91 Å². The standard InChI is InChI=1S/C17H26N2O/c1-4-19(13-15-8-6-5-7-14(15)2)16(20)17(3)9-11-18-12-10-17/h5-8,18H,4,9-13H2,1-3H3. The van der Waals surface area contributed by atoms with Crippen LogP contribution in [-0.2, 0) is 11.3 Å². The Labute approximate surface area is 122 Å². The van der Waals surface area contributed by atoms with Crippen LogP contribution in [0.25, 0.3) is 0 Å². The number of hydrogen-bond donors (Lipinski definition) is 1. The van der Waals surface area contributed by atoms with E-state index in [1.165, 1.54) is 11.1 Å². The molecule has 1 aliphatic heterocycles. The van der Waals surface area contributed by atoms with Crippen LogP contribution in [0, 0.1) is 12.3 Å². The minimum Gasteiger partial charge on any atom is -0.338 e. The summed E-state index contributed by atoms with van der Waals surface area (Å²) in [6, 6.07) is 8.33. The topological polar surface area (TPSA) is 32.3 Å². The highest BCUT2D eigenvalue weighted by Crippen LogP contribution is 2.31. The highest BCUT2D eigenvalue weighted by molar-refractivity contribution is 5.82. The number of carbonyl (C=O) groups excluding carboxylic acids is 1. The number of benzene rings is 1. The summed E-state index contributed by atoms with van der Waals surface area (Å²) >= 11 is 0. The molecule has 0 aliphatic carbocycles. The van der Waals surface area contributed by atoms with Crippen molar-refractivity contribution in [2.24, 2.45) is 5.41 Å². The summed E-state index contributed by atoms with van der Waals surface area (Å²) in [4.78, 5) is 14.9. The summed E-state index contributed by atoms with van der Waals surface area (Å²) in [6.45, 7) is 9.70. The molecule has 3 nitrogen and oxygen atoms in total. The van der Waals surface area contributed by atoms with Crippen LogP contribution in [-0.4, -0.2) is 30.4 Å². The van der Waals surface area contributed by atoms with Gasteiger partial charge in [-0.15, -0.1) is 0 Å². The van der Waals surface area contributed by atoms with Gasteiger partial charge in [0.05, 0.1) is 0 Å². The molecule has 1 amide bonds. The van der Waals surface area contributed by atoms with Crippen molar-refractivity contribution < 1.29 is 4.79 Å². The maximum Gasteiger partial charge on any atom is 0.228 e. The monoisotopic (exact) mass is 274 g/mol. The van der Waals surface area contributed by atoms with Gasteiger partial charge >= 0.3 is 0 Å². The van der Waals surface area contributed by atoms with Crippen LogP contribution in [0.2, 0.25) is 0 Å². The quantitative estimate of drug-likeness (QED) is 0.915. The minimum atomic E-state index is -0.191. The third-order valence-corrected chi connectivity index (χ3v) is 4.51. The normalized spacial score (nSPS) is 17.8. The van der Waals surface area contributed by atoms with Gasteiger partial charge < -0.3 is 10.2 Å². The van der Waals surface area contributed by atoms with E-state index < -0.39 is 0 Å². The van der Waals surface area contributed by atoms with Gasteiger partial charge in [-0.3, -0.25) is 4.79 Å². The van der Waals surface area contributed by atoms with Crippen molar-refractivity contribution in [3.8, 4) is 0 Å². The summed E-state index contributed by atoms with van der Waals surface area (Å²) in [5.74, 6) is 0.310. The van der Waals surface area contributed by atoms with Crippen molar-refractivity contribution in [3.63, 3.8) is 0 Å². The summed E-state index contributed by atoms with van der Waals surface area (Å²) in [7, 11) is 0. The summed E-state index contributed by atoms with van der Waals surface area (Å²) < 4.78 is 0. The Morgan fingerprint density at radius 3 is 2.55 bits per heavy atom. The van der Waals surface area contributed by atoms with Crippen molar-refractivity contribution in [1.82, 2.24) is 10.2 Å². The van der Waals surface area contributed by atoms with Crippen molar-refractivity contribution in [1.29, 1.82) is 0 Å². The molecule has 1 N–H and O–H groups in total. The van der Waals surface area contributed by atoms with Gasteiger partial charge in [-0.25, -0.2) is 0 Å². The Balaban J connectivity index is 2.11. The maximum absolute atomic E-state index is 12.9. The number of carbonyl (C=O) groups is 1. The zero-order chi connectivity index (χ0) is 14.6. The van der Waals surface area contributed by atoms with Crippen LogP contribution in [0.4, 0.5) is 0 Å². The van der Waals surface area contributed by atoms with Crippen molar-refractivity contribution in [2.75, 3.05) is 19.6 Å². The Hall–Kier alpha value is -1.35. The predicted molar refractivity (Wildman–Crippen MR) is 82.5 cm³/mol. The molecule has 0 spiro atoms. The van der Waals surface area contributed by atoms with Gasteiger partial charge in [-0.2, -0.15) is 0 Å². The van der Waals surface area contributed by atoms with Gasteiger partial charge in [0.15, 0.2) is 0 Å². The smallest absolute Gasteiger partial charge is 0.228 e. The SMILES string of the molecule is CCN(Cc1ccccc1C)C(=O)C1(C)CCNCC1. The molecule has 20 heavy (non-hydrogen) atoms. The van der Waals surface area contributed by atoms with E-state index in [9.17, 15) is 4.79 Å². The lowest BCUT2D eigenvalue weighted by Crippen LogP contribution is -2.47. The fourth-order valence-corrected chi connectivity index (χ4v) is 2.89. The third-order valence-electron chi connectivity index (χ3n) is 4.51. The molecule has 0 bridgehead atoms. The Morgan fingerprint density at radius 2 is 1.95 bits per heavy atom. The average molecular weight is 274 g/mol. The number of nitrogens with one attached hydrogen (secondary N) is 1. The zero-order valence-corrected chi connectivity index (χ0v) is 12.9. The van der Waals surface area contributed by atoms with Gasteiger partial charge in [-0.05, 0) is 50.9 Å². The van der Waals surface area contributed by atoms with Crippen LogP contribution in [0.5, 0.6) is 0 Å². The van der Waals surface area contributed by atoms with Gasteiger partial charge in [0.2, 0.25) is 5.91 Å². The first-order chi connectivity index (χ1) is 9.57. The molecule has 1 aromatic carbocycles. The first-order valence-electron chi connectivity index (χ1n) is 7.61. The number of piperidine rings is 1. The lowest BCUT2D eigenvalue weighted by Gasteiger charge is -2.37. The molecule has 0 saturated carbocycles. The fraction of sp³-hybridized carbons (Fsp3) is 0.588. The highest BCUT2D eigenvalue weighted by atomic mass is 16.2. The second kappa shape index (κ2) is 6.40. The molecule has 1 heterocycles. The van der Waals surface area contributed by atoms with E-state index in [1.807, 2.05) is 17.0 Å². The van der Waals surface area contributed by atoms with E-state index in [1.54, 1.807) is 0 Å². The van der Waals surface area contributed by atoms with Crippen LogP contribution >= 0.6 is 0 Å². The third kappa shape index (κ3) is 3.21. The molecule has 0 unspecified atom stereocenters. The van der Waals surface area contributed by atoms with Crippen molar-refractivity contribution in [3.05, 3.63) is 35.4 Å². The van der Waals surface area contributed by atoms with Crippen LogP contribution in [0.15, 0.2) is 24.3 Å². The molecule has 0 radical (unpaired) electrons. The average Bonchev–Trinajstić information content (AvgIpc) is 2.46. The first kappa shape index (κ1) is 15.0. The second-order valence-corrected chi connectivity index (χ2v) is 6.06. The molecule has 1 saturated heterocycles. The molecular formula is C17H26N2O. The number of aryl methyl sites for hydroxylation is 1. The summed E-state index contributed by atoms with van der Waals surface area (Å²) in [5, 5.41) is 3.34. The molecular weight excluding hydrogens is 248 g/mol. The summed E-state index contributed by atoms with van der Waals surface area (Å²) in [6.07, 6.45) is 1.88. The lowest BCUT2D eigenvalue weighted by atomic mass is 9.79. The molecule has 1 aliphatic rings. The lowest BCUT2D eigenvalue weighted by molar-refractivity contribution is -0.143.